The molecule has 0 saturated heterocycles. The van der Waals surface area contributed by atoms with Crippen LogP contribution in [0, 0.1) is 0 Å². The number of carbonyl (C=O) groups excluding carboxylic acids is 1. The Labute approximate surface area is 78.1 Å². The molecule has 2 N–H and O–H groups in total. The van der Waals surface area contributed by atoms with Crippen LogP contribution in [0.3, 0.4) is 0 Å². The maximum absolute atomic E-state index is 10.1. The van der Waals surface area contributed by atoms with Crippen LogP contribution in [0.5, 0.6) is 0 Å². The van der Waals surface area contributed by atoms with Crippen LogP contribution in [0.15, 0.2) is 36.4 Å². The molecule has 0 aromatic heterocycles. The average Bonchev–Trinajstić information content (AvgIpc) is 2.15. The number of benzene rings is 1. The topological polar surface area (TPSA) is 43.1 Å². The highest BCUT2D eigenvalue weighted by atomic mass is 16.1. The maximum Gasteiger partial charge on any atom is 0.142 e. The molecule has 0 saturated carbocycles. The first-order chi connectivity index (χ1) is 6.25. The maximum atomic E-state index is 10.1. The van der Waals surface area contributed by atoms with Crippen molar-refractivity contribution in [1.29, 1.82) is 0 Å². The van der Waals surface area contributed by atoms with Gasteiger partial charge in [-0.3, -0.25) is 4.79 Å². The summed E-state index contributed by atoms with van der Waals surface area (Å²) in [4.78, 5) is 10.1. The summed E-state index contributed by atoms with van der Waals surface area (Å²) in [7, 11) is 0. The van der Waals surface area contributed by atoms with E-state index in [1.54, 1.807) is 0 Å². The summed E-state index contributed by atoms with van der Waals surface area (Å²) in [6, 6.07) is 7.67. The molecule has 0 heterocycles. The first-order valence-electron chi connectivity index (χ1n) is 4.22. The van der Waals surface area contributed by atoms with Crippen LogP contribution >= 0.6 is 0 Å². The lowest BCUT2D eigenvalue weighted by atomic mass is 9.99. The van der Waals surface area contributed by atoms with Crippen LogP contribution < -0.4 is 5.73 Å². The van der Waals surface area contributed by atoms with Gasteiger partial charge >= 0.3 is 0 Å². The number of nitrogen functional groups attached to an aromatic ring is 1. The van der Waals surface area contributed by atoms with E-state index in [2.05, 4.69) is 0 Å². The van der Waals surface area contributed by atoms with Crippen molar-refractivity contribution in [3.05, 3.63) is 42.0 Å². The number of para-hydroxylation sites is 1. The molecule has 1 rings (SSSR count). The highest BCUT2D eigenvalue weighted by Crippen LogP contribution is 2.22. The summed E-state index contributed by atoms with van der Waals surface area (Å²) in [5.41, 5.74) is 7.60. The Morgan fingerprint density at radius 3 is 2.69 bits per heavy atom. The van der Waals surface area contributed by atoms with Crippen LogP contribution in [-0.4, -0.2) is 6.29 Å². The Morgan fingerprint density at radius 2 is 2.08 bits per heavy atom. The fourth-order valence-electron chi connectivity index (χ4n) is 1.24. The summed E-state index contributed by atoms with van der Waals surface area (Å²) in [6.45, 7) is 2.01. The standard InChI is InChI=1S/C11H13NO/c1-9(5-4-8-13)10-6-2-3-7-11(10)12/h2-9H,12H2,1H3/b5-4-. The Balaban J connectivity index is 2.88. The van der Waals surface area contributed by atoms with E-state index in [1.807, 2.05) is 37.3 Å². The summed E-state index contributed by atoms with van der Waals surface area (Å²) in [6.07, 6.45) is 4.10. The molecule has 1 aromatic rings. The van der Waals surface area contributed by atoms with E-state index in [-0.39, 0.29) is 5.92 Å². The minimum atomic E-state index is 0.186. The Morgan fingerprint density at radius 1 is 1.38 bits per heavy atom. The molecular formula is C11H13NO. The second-order valence-corrected chi connectivity index (χ2v) is 2.94. The van der Waals surface area contributed by atoms with Gasteiger partial charge in [0.1, 0.15) is 6.29 Å². The Kier molecular flexibility index (Phi) is 3.26. The molecule has 0 bridgehead atoms. The van der Waals surface area contributed by atoms with E-state index in [0.29, 0.717) is 0 Å². The predicted molar refractivity (Wildman–Crippen MR) is 54.5 cm³/mol. The zero-order valence-corrected chi connectivity index (χ0v) is 7.60. The van der Waals surface area contributed by atoms with Crippen molar-refractivity contribution in [3.63, 3.8) is 0 Å². The van der Waals surface area contributed by atoms with Crippen molar-refractivity contribution in [2.75, 3.05) is 5.73 Å². The lowest BCUT2D eigenvalue weighted by Gasteiger charge is -2.08. The number of aldehydes is 1. The van der Waals surface area contributed by atoms with Gasteiger partial charge in [0.05, 0.1) is 0 Å². The van der Waals surface area contributed by atoms with Gasteiger partial charge in [0.15, 0.2) is 0 Å². The van der Waals surface area contributed by atoms with Crippen molar-refractivity contribution in [2.45, 2.75) is 12.8 Å². The summed E-state index contributed by atoms with van der Waals surface area (Å²) in [5, 5.41) is 0. The van der Waals surface area contributed by atoms with Gasteiger partial charge in [-0.1, -0.05) is 31.2 Å². The lowest BCUT2D eigenvalue weighted by molar-refractivity contribution is -0.104. The minimum Gasteiger partial charge on any atom is -0.398 e. The molecule has 0 spiro atoms. The van der Waals surface area contributed by atoms with Crippen LogP contribution in [0.4, 0.5) is 5.69 Å². The SMILES string of the molecule is CC(/C=C\C=O)c1ccccc1N. The van der Waals surface area contributed by atoms with Gasteiger partial charge in [-0.15, -0.1) is 0 Å². The highest BCUT2D eigenvalue weighted by Gasteiger charge is 2.03. The smallest absolute Gasteiger partial charge is 0.142 e. The zero-order chi connectivity index (χ0) is 9.68. The molecule has 0 aliphatic rings. The molecular weight excluding hydrogens is 162 g/mol. The fraction of sp³-hybridized carbons (Fsp3) is 0.182. The van der Waals surface area contributed by atoms with E-state index >= 15 is 0 Å². The van der Waals surface area contributed by atoms with Gasteiger partial charge < -0.3 is 5.73 Å². The predicted octanol–water partition coefficient (Wildman–Crippen LogP) is 2.13. The first-order valence-corrected chi connectivity index (χ1v) is 4.22. The van der Waals surface area contributed by atoms with E-state index in [0.717, 1.165) is 17.5 Å². The molecule has 0 amide bonds. The molecule has 68 valence electrons. The number of nitrogens with two attached hydrogens (primary N) is 1. The molecule has 13 heavy (non-hydrogen) atoms. The third-order valence-corrected chi connectivity index (χ3v) is 1.96. The lowest BCUT2D eigenvalue weighted by Crippen LogP contribution is -1.96. The number of allylic oxidation sites excluding steroid dienone is 2. The largest absolute Gasteiger partial charge is 0.398 e. The van der Waals surface area contributed by atoms with Gasteiger partial charge in [0, 0.05) is 11.6 Å². The molecule has 2 nitrogen and oxygen atoms in total. The molecule has 0 aliphatic heterocycles. The van der Waals surface area contributed by atoms with E-state index in [9.17, 15) is 4.79 Å². The van der Waals surface area contributed by atoms with Crippen molar-refractivity contribution in [2.24, 2.45) is 0 Å². The number of rotatable bonds is 3. The number of anilines is 1. The third kappa shape index (κ3) is 2.44. The quantitative estimate of drug-likeness (QED) is 0.434. The van der Waals surface area contributed by atoms with Crippen molar-refractivity contribution in [1.82, 2.24) is 0 Å². The third-order valence-electron chi connectivity index (χ3n) is 1.96. The highest BCUT2D eigenvalue weighted by molar-refractivity contribution is 5.65. The Hall–Kier alpha value is -1.57. The zero-order valence-electron chi connectivity index (χ0n) is 7.60. The average molecular weight is 175 g/mol. The van der Waals surface area contributed by atoms with Crippen molar-refractivity contribution < 1.29 is 4.79 Å². The van der Waals surface area contributed by atoms with E-state index < -0.39 is 0 Å². The van der Waals surface area contributed by atoms with Crippen molar-refractivity contribution in [3.8, 4) is 0 Å². The first kappa shape index (κ1) is 9.52. The van der Waals surface area contributed by atoms with Crippen LogP contribution in [-0.2, 0) is 4.79 Å². The number of carbonyl (C=O) groups is 1. The molecule has 1 unspecified atom stereocenters. The van der Waals surface area contributed by atoms with Gasteiger partial charge in [-0.05, 0) is 17.7 Å². The summed E-state index contributed by atoms with van der Waals surface area (Å²) >= 11 is 0. The molecule has 2 heteroatoms. The Bertz CT molecular complexity index is 318. The summed E-state index contributed by atoms with van der Waals surface area (Å²) < 4.78 is 0. The monoisotopic (exact) mass is 175 g/mol. The second-order valence-electron chi connectivity index (χ2n) is 2.94. The fourth-order valence-corrected chi connectivity index (χ4v) is 1.24. The number of hydrogen-bond donors (Lipinski definition) is 1. The normalized spacial score (nSPS) is 13.0. The second kappa shape index (κ2) is 4.45. The molecule has 0 fully saturated rings. The van der Waals surface area contributed by atoms with Crippen LogP contribution in [0.2, 0.25) is 0 Å². The molecule has 1 aromatic carbocycles. The molecule has 0 aliphatic carbocycles. The van der Waals surface area contributed by atoms with Gasteiger partial charge in [-0.25, -0.2) is 0 Å². The molecule has 0 radical (unpaired) electrons. The molecule has 1 atom stereocenters. The van der Waals surface area contributed by atoms with Gasteiger partial charge in [0.25, 0.3) is 0 Å². The van der Waals surface area contributed by atoms with E-state index in [1.165, 1.54) is 6.08 Å². The van der Waals surface area contributed by atoms with Crippen LogP contribution in [0.1, 0.15) is 18.4 Å². The van der Waals surface area contributed by atoms with E-state index in [4.69, 9.17) is 5.73 Å². The minimum absolute atomic E-state index is 0.186. The van der Waals surface area contributed by atoms with Crippen molar-refractivity contribution >= 4 is 12.0 Å². The van der Waals surface area contributed by atoms with Crippen LogP contribution in [0.25, 0.3) is 0 Å². The van der Waals surface area contributed by atoms with Gasteiger partial charge in [-0.2, -0.15) is 0 Å². The van der Waals surface area contributed by atoms with Gasteiger partial charge in [0.2, 0.25) is 0 Å². The number of hydrogen-bond acceptors (Lipinski definition) is 2. The summed E-state index contributed by atoms with van der Waals surface area (Å²) in [5.74, 6) is 0.186.